The number of fused-ring (bicyclic) bond motifs is 3. The Morgan fingerprint density at radius 2 is 1.67 bits per heavy atom. The quantitative estimate of drug-likeness (QED) is 0.195. The minimum Gasteiger partial charge on any atom is -0.748 e. The largest absolute Gasteiger partial charge is 1.00 e. The molecule has 0 N–H and O–H groups in total. The van der Waals surface area contributed by atoms with E-state index in [1.807, 2.05) is 65.6 Å². The number of hydrogen-bond acceptors (Lipinski definition) is 6. The molecule has 1 aliphatic heterocycles. The van der Waals surface area contributed by atoms with E-state index >= 15 is 0 Å². The third-order valence-electron chi connectivity index (χ3n) is 6.93. The zero-order valence-electron chi connectivity index (χ0n) is 22.6. The molecular weight excluding hydrogens is 517 g/mol. The molecule has 0 aliphatic carbocycles. The van der Waals surface area contributed by atoms with Crippen LogP contribution in [0.3, 0.4) is 0 Å². The Hall–Kier alpha value is -3.17. The van der Waals surface area contributed by atoms with Crippen LogP contribution < -0.4 is 34.5 Å². The van der Waals surface area contributed by atoms with E-state index < -0.39 is 21.3 Å². The fraction of sp³-hybridized carbons (Fsp3) is 0.226. The second kappa shape index (κ2) is 12.3. The van der Waals surface area contributed by atoms with Crippen molar-refractivity contribution in [2.45, 2.75) is 32.6 Å². The Labute approximate surface area is 252 Å². The van der Waals surface area contributed by atoms with Gasteiger partial charge < -0.3 is 9.45 Å². The molecule has 0 amide bonds. The van der Waals surface area contributed by atoms with Crippen molar-refractivity contribution < 1.29 is 42.5 Å². The van der Waals surface area contributed by atoms with Crippen molar-refractivity contribution in [3.8, 4) is 12.1 Å². The van der Waals surface area contributed by atoms with Gasteiger partial charge in [0.1, 0.15) is 0 Å². The zero-order valence-corrected chi connectivity index (χ0v) is 25.4. The molecular formula is C31H28N3NaO3S. The van der Waals surface area contributed by atoms with Gasteiger partial charge in [-0.1, -0.05) is 74.5 Å². The number of allylic oxidation sites excluding steroid dienone is 6. The molecule has 8 heteroatoms. The maximum atomic E-state index is 11.3. The average molecular weight is 546 g/mol. The van der Waals surface area contributed by atoms with Crippen LogP contribution in [-0.2, 0) is 15.5 Å². The molecule has 0 aromatic heterocycles. The second-order valence-electron chi connectivity index (χ2n) is 9.79. The Morgan fingerprint density at radius 1 is 1.00 bits per heavy atom. The van der Waals surface area contributed by atoms with Crippen molar-refractivity contribution in [1.29, 1.82) is 10.5 Å². The number of hydrogen-bond donors (Lipinski definition) is 0. The molecule has 4 rings (SSSR count). The first kappa shape index (κ1) is 30.4. The summed E-state index contributed by atoms with van der Waals surface area (Å²) in [7, 11) is -4.35. The number of benzene rings is 3. The van der Waals surface area contributed by atoms with Gasteiger partial charge in [-0.3, -0.25) is 0 Å². The molecule has 3 aromatic carbocycles. The smallest absolute Gasteiger partial charge is 0.748 e. The van der Waals surface area contributed by atoms with Gasteiger partial charge in [0, 0.05) is 40.2 Å². The van der Waals surface area contributed by atoms with Gasteiger partial charge in [0.05, 0.1) is 27.8 Å². The molecule has 0 unspecified atom stereocenters. The summed E-state index contributed by atoms with van der Waals surface area (Å²) >= 11 is 0. The van der Waals surface area contributed by atoms with Crippen LogP contribution in [0.1, 0.15) is 38.3 Å². The van der Waals surface area contributed by atoms with Gasteiger partial charge in [0.15, 0.2) is 0 Å². The number of rotatable bonds is 7. The van der Waals surface area contributed by atoms with Crippen LogP contribution in [0.25, 0.3) is 16.3 Å². The van der Waals surface area contributed by atoms with Crippen molar-refractivity contribution in [2.75, 3.05) is 17.2 Å². The average Bonchev–Trinajstić information content (AvgIpc) is 3.11. The minimum absolute atomic E-state index is 0. The maximum absolute atomic E-state index is 11.3. The summed E-state index contributed by atoms with van der Waals surface area (Å²) in [5.41, 5.74) is 4.56. The van der Waals surface area contributed by atoms with E-state index in [1.165, 1.54) is 0 Å². The molecule has 0 fully saturated rings. The summed E-state index contributed by atoms with van der Waals surface area (Å²) in [4.78, 5) is 2.04. The summed E-state index contributed by atoms with van der Waals surface area (Å²) in [6.45, 7) is 6.22. The van der Waals surface area contributed by atoms with E-state index in [0.29, 0.717) is 23.3 Å². The molecule has 1 aliphatic rings. The van der Waals surface area contributed by atoms with Crippen molar-refractivity contribution in [1.82, 2.24) is 0 Å². The van der Waals surface area contributed by atoms with E-state index in [1.54, 1.807) is 13.0 Å². The van der Waals surface area contributed by atoms with E-state index in [-0.39, 0.29) is 36.0 Å². The number of nitrogens with zero attached hydrogens (tertiary/aromatic N) is 3. The maximum Gasteiger partial charge on any atom is 1.00 e. The van der Waals surface area contributed by atoms with Gasteiger partial charge in [-0.05, 0) is 53.5 Å². The normalized spacial score (nSPS) is 16.2. The Kier molecular flexibility index (Phi) is 9.61. The van der Waals surface area contributed by atoms with Crippen LogP contribution in [0.15, 0.2) is 95.7 Å². The summed E-state index contributed by atoms with van der Waals surface area (Å²) in [6.07, 6.45) is 3.78. The minimum atomic E-state index is -4.35. The molecule has 0 atom stereocenters. The summed E-state index contributed by atoms with van der Waals surface area (Å²) < 4.78 is 34.0. The van der Waals surface area contributed by atoms with Gasteiger partial charge in [-0.25, -0.2) is 8.42 Å². The van der Waals surface area contributed by atoms with Gasteiger partial charge in [-0.2, -0.15) is 10.5 Å². The van der Waals surface area contributed by atoms with Crippen molar-refractivity contribution in [2.24, 2.45) is 0 Å². The van der Waals surface area contributed by atoms with Gasteiger partial charge >= 0.3 is 29.6 Å². The van der Waals surface area contributed by atoms with Crippen molar-refractivity contribution in [3.05, 3.63) is 107 Å². The van der Waals surface area contributed by atoms with E-state index in [0.717, 1.165) is 33.3 Å². The topological polar surface area (TPSA) is 108 Å². The fourth-order valence-corrected chi connectivity index (χ4v) is 5.73. The first-order valence-corrected chi connectivity index (χ1v) is 13.9. The molecule has 0 spiro atoms. The summed E-state index contributed by atoms with van der Waals surface area (Å²) in [6, 6.07) is 25.9. The molecule has 0 bridgehead atoms. The molecule has 39 heavy (non-hydrogen) atoms. The zero-order chi connectivity index (χ0) is 27.5. The predicted octanol–water partition coefficient (Wildman–Crippen LogP) is 3.21. The first-order chi connectivity index (χ1) is 18.1. The van der Waals surface area contributed by atoms with Crippen molar-refractivity contribution >= 4 is 32.2 Å². The number of anilines is 1. The second-order valence-corrected chi connectivity index (χ2v) is 11.3. The van der Waals surface area contributed by atoms with Crippen LogP contribution in [0.4, 0.5) is 5.69 Å². The van der Waals surface area contributed by atoms with Gasteiger partial charge in [0.25, 0.3) is 0 Å². The summed E-state index contributed by atoms with van der Waals surface area (Å²) in [5, 5.41) is 22.0. The third kappa shape index (κ3) is 6.36. The number of nitriles is 2. The third-order valence-corrected chi connectivity index (χ3v) is 7.72. The van der Waals surface area contributed by atoms with Gasteiger partial charge in [0.2, 0.25) is 0 Å². The van der Waals surface area contributed by atoms with Crippen LogP contribution in [0.5, 0.6) is 0 Å². The Morgan fingerprint density at radius 3 is 2.31 bits per heavy atom. The van der Waals surface area contributed by atoms with E-state index in [9.17, 15) is 23.5 Å². The Bertz CT molecular complexity index is 1680. The van der Waals surface area contributed by atoms with Crippen LogP contribution >= 0.6 is 0 Å². The van der Waals surface area contributed by atoms with E-state index in [4.69, 9.17) is 0 Å². The Balaban J connectivity index is 0.00000420. The first-order valence-electron chi connectivity index (χ1n) is 12.3. The predicted molar refractivity (Wildman–Crippen MR) is 150 cm³/mol. The summed E-state index contributed by atoms with van der Waals surface area (Å²) in [5.74, 6) is -0.457. The molecule has 1 heterocycles. The van der Waals surface area contributed by atoms with Crippen LogP contribution in [0.2, 0.25) is 0 Å². The van der Waals surface area contributed by atoms with Gasteiger partial charge in [-0.15, -0.1) is 0 Å². The fourth-order valence-electron chi connectivity index (χ4n) is 5.25. The van der Waals surface area contributed by atoms with Crippen LogP contribution in [-0.4, -0.2) is 25.3 Å². The molecule has 0 saturated heterocycles. The molecule has 192 valence electrons. The SMILES string of the molecule is C/C(C#N)=C(/C(C#N)=C/C=C1/N(CCCS(=O)(=O)[O-])c2ccc3ccccc3c2C1(C)C)c1ccccc1.[Na+]. The molecule has 3 aromatic rings. The monoisotopic (exact) mass is 545 g/mol. The molecule has 0 saturated carbocycles. The van der Waals surface area contributed by atoms with Crippen LogP contribution in [0, 0.1) is 22.7 Å². The molecule has 6 nitrogen and oxygen atoms in total. The standard InChI is InChI=1S/C31H29N3O3S.Na/c1-22(20-32)29(24-11-5-4-6-12-24)25(21-33)15-17-28-31(2,3)30-26-13-8-7-10-23(26)14-16-27(30)34(28)18-9-19-38(35,36)37;/h4-8,10-17H,9,18-19H2,1-3H3,(H,35,36,37);/q;+1/p-1/b25-15+,28-17+,29-22-;. The van der Waals surface area contributed by atoms with Crippen molar-refractivity contribution in [3.63, 3.8) is 0 Å². The molecule has 0 radical (unpaired) electrons. The van der Waals surface area contributed by atoms with E-state index in [2.05, 4.69) is 38.1 Å².